The number of carboxylic acid groups (broad SMARTS) is 1. The highest BCUT2D eigenvalue weighted by atomic mass is 16.4. The smallest absolute Gasteiger partial charge is 0.335 e. The zero-order valence-electron chi connectivity index (χ0n) is 11.9. The van der Waals surface area contributed by atoms with Crippen molar-refractivity contribution in [1.82, 2.24) is 14.5 Å². The maximum atomic E-state index is 12.0. The Hall–Kier alpha value is -3.55. The van der Waals surface area contributed by atoms with Gasteiger partial charge in [0.15, 0.2) is 0 Å². The standard InChI is InChI=1S/C15H13N5O3/c16-12-11(13(21)19-15(17)18-12)9-5-6-20(7-9)10-3-1-8(2-4-10)14(22)23/h1-7H,(H,22,23)(H5,16,17,18,19,21). The largest absolute Gasteiger partial charge is 0.478 e. The molecule has 6 N–H and O–H groups in total. The van der Waals surface area contributed by atoms with Gasteiger partial charge in [0.05, 0.1) is 11.1 Å². The van der Waals surface area contributed by atoms with E-state index in [-0.39, 0.29) is 22.9 Å². The first-order chi connectivity index (χ1) is 11.0. The molecule has 0 fully saturated rings. The topological polar surface area (TPSA) is 140 Å². The van der Waals surface area contributed by atoms with Crippen LogP contribution < -0.4 is 17.0 Å². The molecule has 1 aromatic carbocycles. The van der Waals surface area contributed by atoms with E-state index in [9.17, 15) is 9.59 Å². The quantitative estimate of drug-likeness (QED) is 0.570. The number of nitrogens with one attached hydrogen (secondary N) is 1. The number of aromatic nitrogens is 3. The van der Waals surface area contributed by atoms with Gasteiger partial charge in [-0.05, 0) is 30.3 Å². The zero-order chi connectivity index (χ0) is 16.6. The Morgan fingerprint density at radius 2 is 1.87 bits per heavy atom. The number of hydrogen-bond acceptors (Lipinski definition) is 5. The van der Waals surface area contributed by atoms with Crippen molar-refractivity contribution in [2.75, 3.05) is 11.5 Å². The fraction of sp³-hybridized carbons (Fsp3) is 0. The minimum atomic E-state index is -0.989. The van der Waals surface area contributed by atoms with Gasteiger partial charge in [0.25, 0.3) is 5.56 Å². The monoisotopic (exact) mass is 311 g/mol. The first-order valence-electron chi connectivity index (χ1n) is 6.63. The molecule has 0 unspecified atom stereocenters. The lowest BCUT2D eigenvalue weighted by Gasteiger charge is -2.04. The normalized spacial score (nSPS) is 10.6. The van der Waals surface area contributed by atoms with E-state index < -0.39 is 11.5 Å². The van der Waals surface area contributed by atoms with Crippen LogP contribution in [0.3, 0.4) is 0 Å². The van der Waals surface area contributed by atoms with Gasteiger partial charge in [-0.1, -0.05) is 0 Å². The highest BCUT2D eigenvalue weighted by molar-refractivity contribution is 5.87. The number of carbonyl (C=O) groups is 1. The molecule has 0 saturated heterocycles. The van der Waals surface area contributed by atoms with Crippen LogP contribution in [-0.4, -0.2) is 25.6 Å². The molecule has 0 amide bonds. The third-order valence-corrected chi connectivity index (χ3v) is 3.36. The van der Waals surface area contributed by atoms with Gasteiger partial charge in [-0.2, -0.15) is 4.98 Å². The number of benzene rings is 1. The van der Waals surface area contributed by atoms with Crippen LogP contribution in [-0.2, 0) is 0 Å². The molecular weight excluding hydrogens is 298 g/mol. The summed E-state index contributed by atoms with van der Waals surface area (Å²) in [4.78, 5) is 29.1. The predicted octanol–water partition coefficient (Wildman–Crippen LogP) is 1.09. The van der Waals surface area contributed by atoms with Crippen LogP contribution >= 0.6 is 0 Å². The molecule has 0 saturated carbocycles. The summed E-state index contributed by atoms with van der Waals surface area (Å²) in [5.41, 5.74) is 12.6. The van der Waals surface area contributed by atoms with Gasteiger partial charge < -0.3 is 21.1 Å². The van der Waals surface area contributed by atoms with Gasteiger partial charge >= 0.3 is 5.97 Å². The summed E-state index contributed by atoms with van der Waals surface area (Å²) in [6.45, 7) is 0. The van der Waals surface area contributed by atoms with Gasteiger partial charge in [-0.3, -0.25) is 9.78 Å². The number of nitrogens with zero attached hydrogens (tertiary/aromatic N) is 2. The molecule has 0 aliphatic carbocycles. The minimum Gasteiger partial charge on any atom is -0.478 e. The summed E-state index contributed by atoms with van der Waals surface area (Å²) in [6, 6.07) is 8.06. The van der Waals surface area contributed by atoms with Gasteiger partial charge in [0, 0.05) is 23.6 Å². The summed E-state index contributed by atoms with van der Waals surface area (Å²) >= 11 is 0. The maximum Gasteiger partial charge on any atom is 0.335 e. The van der Waals surface area contributed by atoms with Crippen LogP contribution in [0.15, 0.2) is 47.5 Å². The van der Waals surface area contributed by atoms with Crippen LogP contribution in [0.4, 0.5) is 11.8 Å². The highest BCUT2D eigenvalue weighted by Crippen LogP contribution is 2.23. The lowest BCUT2D eigenvalue weighted by atomic mass is 10.1. The molecule has 0 radical (unpaired) electrons. The maximum absolute atomic E-state index is 12.0. The number of anilines is 2. The average molecular weight is 311 g/mol. The molecule has 0 atom stereocenters. The molecular formula is C15H13N5O3. The van der Waals surface area contributed by atoms with Crippen molar-refractivity contribution in [1.29, 1.82) is 0 Å². The van der Waals surface area contributed by atoms with E-state index in [1.165, 1.54) is 12.1 Å². The molecule has 8 nitrogen and oxygen atoms in total. The number of nitrogens with two attached hydrogens (primary N) is 2. The fourth-order valence-electron chi connectivity index (χ4n) is 2.27. The number of carboxylic acids is 1. The van der Waals surface area contributed by atoms with E-state index in [0.29, 0.717) is 5.56 Å². The van der Waals surface area contributed by atoms with E-state index in [4.69, 9.17) is 16.6 Å². The number of hydrogen-bond donors (Lipinski definition) is 4. The second-order valence-corrected chi connectivity index (χ2v) is 4.87. The number of nitrogen functional groups attached to an aromatic ring is 2. The van der Waals surface area contributed by atoms with Gasteiger partial charge in [-0.25, -0.2) is 4.79 Å². The number of aromatic carboxylic acids is 1. The summed E-state index contributed by atoms with van der Waals surface area (Å²) in [5.74, 6) is -0.984. The van der Waals surface area contributed by atoms with Crippen molar-refractivity contribution < 1.29 is 9.90 Å². The van der Waals surface area contributed by atoms with E-state index in [1.807, 2.05) is 0 Å². The lowest BCUT2D eigenvalue weighted by Crippen LogP contribution is -2.16. The molecule has 0 aliphatic heterocycles. The molecule has 0 bridgehead atoms. The summed E-state index contributed by atoms with van der Waals surface area (Å²) in [7, 11) is 0. The first kappa shape index (κ1) is 14.4. The van der Waals surface area contributed by atoms with Crippen molar-refractivity contribution >= 4 is 17.7 Å². The van der Waals surface area contributed by atoms with Gasteiger partial charge in [0.2, 0.25) is 5.95 Å². The third-order valence-electron chi connectivity index (χ3n) is 3.36. The van der Waals surface area contributed by atoms with E-state index in [0.717, 1.165) is 5.69 Å². The van der Waals surface area contributed by atoms with Crippen LogP contribution in [0.25, 0.3) is 16.8 Å². The zero-order valence-corrected chi connectivity index (χ0v) is 11.9. The van der Waals surface area contributed by atoms with E-state index >= 15 is 0 Å². The Labute approximate surface area is 130 Å². The average Bonchev–Trinajstić information content (AvgIpc) is 2.95. The molecule has 8 heteroatoms. The van der Waals surface area contributed by atoms with Crippen molar-refractivity contribution in [3.05, 3.63) is 58.6 Å². The number of aromatic amines is 1. The molecule has 116 valence electrons. The lowest BCUT2D eigenvalue weighted by molar-refractivity contribution is 0.0697. The molecule has 2 heterocycles. The van der Waals surface area contributed by atoms with Crippen molar-refractivity contribution in [3.63, 3.8) is 0 Å². The number of H-pyrrole nitrogens is 1. The fourth-order valence-corrected chi connectivity index (χ4v) is 2.27. The van der Waals surface area contributed by atoms with Crippen molar-refractivity contribution in [2.24, 2.45) is 0 Å². The summed E-state index contributed by atoms with van der Waals surface area (Å²) in [5, 5.41) is 8.91. The molecule has 3 aromatic rings. The van der Waals surface area contributed by atoms with E-state index in [2.05, 4.69) is 9.97 Å². The van der Waals surface area contributed by atoms with E-state index in [1.54, 1.807) is 35.2 Å². The number of rotatable bonds is 3. The molecule has 0 spiro atoms. The molecule has 3 rings (SSSR count). The van der Waals surface area contributed by atoms with Crippen LogP contribution in [0.1, 0.15) is 10.4 Å². The molecule has 0 aliphatic rings. The van der Waals surface area contributed by atoms with Crippen molar-refractivity contribution in [2.45, 2.75) is 0 Å². The Morgan fingerprint density at radius 1 is 1.17 bits per heavy atom. The van der Waals surface area contributed by atoms with Crippen LogP contribution in [0.5, 0.6) is 0 Å². The van der Waals surface area contributed by atoms with Gasteiger partial charge in [0.1, 0.15) is 5.82 Å². The van der Waals surface area contributed by atoms with Crippen LogP contribution in [0, 0.1) is 0 Å². The predicted molar refractivity (Wildman–Crippen MR) is 85.4 cm³/mol. The van der Waals surface area contributed by atoms with Crippen LogP contribution in [0.2, 0.25) is 0 Å². The Bertz CT molecular complexity index is 940. The molecule has 2 aromatic heterocycles. The SMILES string of the molecule is Nc1nc(N)c(-c2ccn(-c3ccc(C(=O)O)cc3)c2)c(=O)[nH]1. The molecule has 23 heavy (non-hydrogen) atoms. The van der Waals surface area contributed by atoms with Gasteiger partial charge in [-0.15, -0.1) is 0 Å². The Balaban J connectivity index is 2.01. The van der Waals surface area contributed by atoms with Crippen molar-refractivity contribution in [3.8, 4) is 16.8 Å². The second-order valence-electron chi connectivity index (χ2n) is 4.87. The second kappa shape index (κ2) is 5.34. The third kappa shape index (κ3) is 2.64. The summed E-state index contributed by atoms with van der Waals surface area (Å²) < 4.78 is 1.75. The summed E-state index contributed by atoms with van der Waals surface area (Å²) in [6.07, 6.45) is 3.44. The Kier molecular flexibility index (Phi) is 3.34. The minimum absolute atomic E-state index is 0.0417. The first-order valence-corrected chi connectivity index (χ1v) is 6.63. The highest BCUT2D eigenvalue weighted by Gasteiger charge is 2.12. The Morgan fingerprint density at radius 3 is 2.48 bits per heavy atom.